The molecule has 1 heterocycles. The summed E-state index contributed by atoms with van der Waals surface area (Å²) in [6, 6.07) is 8.09. The van der Waals surface area contributed by atoms with Gasteiger partial charge in [-0.25, -0.2) is 0 Å². The molecule has 104 valence electrons. The highest BCUT2D eigenvalue weighted by Crippen LogP contribution is 2.36. The maximum atomic E-state index is 12.6. The Morgan fingerprint density at radius 2 is 2.05 bits per heavy atom. The van der Waals surface area contributed by atoms with Gasteiger partial charge in [-0.3, -0.25) is 4.79 Å². The van der Waals surface area contributed by atoms with Gasteiger partial charge in [0.15, 0.2) is 0 Å². The number of methoxy groups -OCH3 is 1. The monoisotopic (exact) mass is 261 g/mol. The fourth-order valence-corrected chi connectivity index (χ4v) is 2.86. The largest absolute Gasteiger partial charge is 0.377 e. The van der Waals surface area contributed by atoms with Crippen molar-refractivity contribution in [3.8, 4) is 0 Å². The quantitative estimate of drug-likeness (QED) is 0.829. The molecule has 1 aromatic rings. The molecule has 1 aliphatic rings. The summed E-state index contributed by atoms with van der Waals surface area (Å²) in [5.41, 5.74) is 2.16. The average molecular weight is 261 g/mol. The molecular weight excluding hydrogens is 238 g/mol. The molecule has 0 radical (unpaired) electrons. The number of fused-ring (bicyclic) bond motifs is 1. The van der Waals surface area contributed by atoms with E-state index in [2.05, 4.69) is 19.9 Å². The second-order valence-electron chi connectivity index (χ2n) is 5.08. The predicted molar refractivity (Wildman–Crippen MR) is 77.2 cm³/mol. The Morgan fingerprint density at radius 1 is 1.37 bits per heavy atom. The van der Waals surface area contributed by atoms with Crippen LogP contribution < -0.4 is 4.90 Å². The van der Waals surface area contributed by atoms with Crippen LogP contribution in [0.2, 0.25) is 0 Å². The Labute approximate surface area is 115 Å². The lowest BCUT2D eigenvalue weighted by atomic mass is 9.95. The number of anilines is 1. The van der Waals surface area contributed by atoms with Crippen molar-refractivity contribution in [2.75, 3.05) is 18.6 Å². The molecule has 1 aromatic carbocycles. The molecule has 0 saturated carbocycles. The molecule has 1 unspecified atom stereocenters. The van der Waals surface area contributed by atoms with E-state index in [9.17, 15) is 4.79 Å². The number of nitrogens with zero attached hydrogens (tertiary/aromatic N) is 1. The maximum absolute atomic E-state index is 12.6. The van der Waals surface area contributed by atoms with Gasteiger partial charge in [-0.15, -0.1) is 0 Å². The van der Waals surface area contributed by atoms with Crippen LogP contribution >= 0.6 is 0 Å². The van der Waals surface area contributed by atoms with Gasteiger partial charge in [-0.2, -0.15) is 0 Å². The number of hydrogen-bond acceptors (Lipinski definition) is 2. The summed E-state index contributed by atoms with van der Waals surface area (Å²) >= 11 is 0. The normalized spacial score (nSPS) is 18.5. The average Bonchev–Trinajstić information content (AvgIpc) is 2.47. The van der Waals surface area contributed by atoms with E-state index in [0.29, 0.717) is 0 Å². The second-order valence-corrected chi connectivity index (χ2v) is 5.08. The van der Waals surface area contributed by atoms with Crippen LogP contribution in [0.5, 0.6) is 0 Å². The number of amides is 1. The van der Waals surface area contributed by atoms with E-state index in [4.69, 9.17) is 4.74 Å². The summed E-state index contributed by atoms with van der Waals surface area (Å²) in [6.07, 6.45) is 2.80. The Bertz CT molecular complexity index is 440. The number of carbonyl (C=O) groups excluding carboxylic acids is 1. The topological polar surface area (TPSA) is 29.5 Å². The first kappa shape index (κ1) is 14.1. The van der Waals surface area contributed by atoms with Crippen molar-refractivity contribution in [3.63, 3.8) is 0 Å². The summed E-state index contributed by atoms with van der Waals surface area (Å²) in [7, 11) is 1.74. The summed E-state index contributed by atoms with van der Waals surface area (Å²) in [5, 5.41) is 0. The third kappa shape index (κ3) is 2.66. The Morgan fingerprint density at radius 3 is 2.68 bits per heavy atom. The molecule has 0 aliphatic carbocycles. The lowest BCUT2D eigenvalue weighted by Crippen LogP contribution is -2.40. The zero-order valence-corrected chi connectivity index (χ0v) is 12.1. The Hall–Kier alpha value is -1.35. The van der Waals surface area contributed by atoms with E-state index >= 15 is 0 Å². The van der Waals surface area contributed by atoms with E-state index in [0.717, 1.165) is 37.1 Å². The van der Waals surface area contributed by atoms with Gasteiger partial charge in [0.1, 0.15) is 0 Å². The van der Waals surface area contributed by atoms with Gasteiger partial charge in [0.2, 0.25) is 5.91 Å². The van der Waals surface area contributed by atoms with Crippen LogP contribution in [-0.4, -0.2) is 19.6 Å². The third-order valence-electron chi connectivity index (χ3n) is 4.07. The SMILES string of the molecule is CCC(CC)C(=O)N1CCC(OC)c2ccccc21. The zero-order chi connectivity index (χ0) is 13.8. The zero-order valence-electron chi connectivity index (χ0n) is 12.1. The van der Waals surface area contributed by atoms with E-state index in [1.54, 1.807) is 7.11 Å². The Balaban J connectivity index is 2.31. The van der Waals surface area contributed by atoms with Crippen LogP contribution in [0, 0.1) is 5.92 Å². The minimum atomic E-state index is 0.113. The van der Waals surface area contributed by atoms with Gasteiger partial charge < -0.3 is 9.64 Å². The first-order chi connectivity index (χ1) is 9.22. The lowest BCUT2D eigenvalue weighted by molar-refractivity contribution is -0.122. The van der Waals surface area contributed by atoms with E-state index < -0.39 is 0 Å². The van der Waals surface area contributed by atoms with Crippen LogP contribution in [0.1, 0.15) is 44.8 Å². The molecule has 0 spiro atoms. The van der Waals surface area contributed by atoms with Gasteiger partial charge in [-0.1, -0.05) is 32.0 Å². The van der Waals surface area contributed by atoms with E-state index in [-0.39, 0.29) is 17.9 Å². The maximum Gasteiger partial charge on any atom is 0.230 e. The number of benzene rings is 1. The molecule has 3 nitrogen and oxygen atoms in total. The first-order valence-corrected chi connectivity index (χ1v) is 7.16. The summed E-state index contributed by atoms with van der Waals surface area (Å²) in [5.74, 6) is 0.388. The molecule has 3 heteroatoms. The predicted octanol–water partition coefficient (Wildman–Crippen LogP) is 3.55. The van der Waals surface area contributed by atoms with Crippen molar-refractivity contribution in [1.29, 1.82) is 0 Å². The summed E-state index contributed by atoms with van der Waals surface area (Å²) in [6.45, 7) is 4.92. The molecule has 0 saturated heterocycles. The van der Waals surface area contributed by atoms with E-state index in [1.807, 2.05) is 23.1 Å². The van der Waals surface area contributed by atoms with Crippen LogP contribution in [0.25, 0.3) is 0 Å². The number of hydrogen-bond donors (Lipinski definition) is 0. The fraction of sp³-hybridized carbons (Fsp3) is 0.562. The van der Waals surface area contributed by atoms with Crippen molar-refractivity contribution >= 4 is 11.6 Å². The van der Waals surface area contributed by atoms with Gasteiger partial charge in [0.25, 0.3) is 0 Å². The minimum absolute atomic E-state index is 0.113. The molecule has 0 fully saturated rings. The van der Waals surface area contributed by atoms with Gasteiger partial charge >= 0.3 is 0 Å². The molecular formula is C16H23NO2. The van der Waals surface area contributed by atoms with Crippen molar-refractivity contribution in [1.82, 2.24) is 0 Å². The van der Waals surface area contributed by atoms with Crippen LogP contribution in [0.4, 0.5) is 5.69 Å². The fourth-order valence-electron chi connectivity index (χ4n) is 2.86. The number of rotatable bonds is 4. The van der Waals surface area contributed by atoms with Crippen molar-refractivity contribution in [2.45, 2.75) is 39.2 Å². The molecule has 0 N–H and O–H groups in total. The smallest absolute Gasteiger partial charge is 0.230 e. The highest BCUT2D eigenvalue weighted by Gasteiger charge is 2.30. The molecule has 0 bridgehead atoms. The highest BCUT2D eigenvalue weighted by atomic mass is 16.5. The van der Waals surface area contributed by atoms with Gasteiger partial charge in [0.05, 0.1) is 6.10 Å². The van der Waals surface area contributed by atoms with E-state index in [1.165, 1.54) is 0 Å². The van der Waals surface area contributed by atoms with Crippen LogP contribution in [0.15, 0.2) is 24.3 Å². The van der Waals surface area contributed by atoms with Crippen molar-refractivity contribution in [3.05, 3.63) is 29.8 Å². The molecule has 1 atom stereocenters. The molecule has 1 amide bonds. The number of carbonyl (C=O) groups is 1. The highest BCUT2D eigenvalue weighted by molar-refractivity contribution is 5.96. The number of para-hydroxylation sites is 1. The van der Waals surface area contributed by atoms with Gasteiger partial charge in [-0.05, 0) is 25.3 Å². The van der Waals surface area contributed by atoms with Crippen LogP contribution in [0.3, 0.4) is 0 Å². The molecule has 19 heavy (non-hydrogen) atoms. The first-order valence-electron chi connectivity index (χ1n) is 7.16. The van der Waals surface area contributed by atoms with Gasteiger partial charge in [0, 0.05) is 30.8 Å². The number of ether oxygens (including phenoxy) is 1. The third-order valence-corrected chi connectivity index (χ3v) is 4.07. The molecule has 2 rings (SSSR count). The second kappa shape index (κ2) is 6.20. The van der Waals surface area contributed by atoms with Crippen molar-refractivity contribution < 1.29 is 9.53 Å². The van der Waals surface area contributed by atoms with Crippen LogP contribution in [-0.2, 0) is 9.53 Å². The lowest BCUT2D eigenvalue weighted by Gasteiger charge is -2.35. The van der Waals surface area contributed by atoms with Crippen molar-refractivity contribution in [2.24, 2.45) is 5.92 Å². The summed E-state index contributed by atoms with van der Waals surface area (Å²) in [4.78, 5) is 14.6. The minimum Gasteiger partial charge on any atom is -0.377 e. The Kier molecular flexibility index (Phi) is 4.59. The standard InChI is InChI=1S/C16H23NO2/c1-4-12(5-2)16(18)17-11-10-15(19-3)13-8-6-7-9-14(13)17/h6-9,12,15H,4-5,10-11H2,1-3H3. The molecule has 1 aliphatic heterocycles. The summed E-state index contributed by atoms with van der Waals surface area (Å²) < 4.78 is 5.52. The molecule has 0 aromatic heterocycles.